The highest BCUT2D eigenvalue weighted by molar-refractivity contribution is 7.14. The van der Waals surface area contributed by atoms with Gasteiger partial charge in [-0.2, -0.15) is 0 Å². The summed E-state index contributed by atoms with van der Waals surface area (Å²) in [5.41, 5.74) is 2.61. The lowest BCUT2D eigenvalue weighted by Crippen LogP contribution is -2.43. The number of nitrogens with one attached hydrogen (secondary N) is 1. The van der Waals surface area contributed by atoms with E-state index < -0.39 is 0 Å². The number of thiazole rings is 1. The molecule has 30 heavy (non-hydrogen) atoms. The number of rotatable bonds is 6. The van der Waals surface area contributed by atoms with Gasteiger partial charge >= 0.3 is 0 Å². The molecule has 1 aromatic heterocycles. The van der Waals surface area contributed by atoms with Gasteiger partial charge in [-0.1, -0.05) is 42.5 Å². The first-order valence-corrected chi connectivity index (χ1v) is 10.8. The Morgan fingerprint density at radius 3 is 2.57 bits per heavy atom. The summed E-state index contributed by atoms with van der Waals surface area (Å²) < 4.78 is 18.9. The maximum Gasteiger partial charge on any atom is 0.263 e. The highest BCUT2D eigenvalue weighted by atomic mass is 32.1. The van der Waals surface area contributed by atoms with E-state index in [1.807, 2.05) is 37.3 Å². The number of aromatic nitrogens is 1. The average molecular weight is 426 g/mol. The highest BCUT2D eigenvalue weighted by Crippen LogP contribution is 2.28. The molecule has 1 saturated heterocycles. The molecule has 156 valence electrons. The molecule has 0 spiro atoms. The Kier molecular flexibility index (Phi) is 6.52. The topological polar surface area (TPSA) is 54.5 Å². The predicted molar refractivity (Wildman–Crippen MR) is 116 cm³/mol. The summed E-state index contributed by atoms with van der Waals surface area (Å²) in [4.78, 5) is 20.5. The molecule has 5 nitrogen and oxygen atoms in total. The van der Waals surface area contributed by atoms with Crippen molar-refractivity contribution in [1.29, 1.82) is 0 Å². The summed E-state index contributed by atoms with van der Waals surface area (Å²) in [5.74, 6) is -0.407. The van der Waals surface area contributed by atoms with Crippen molar-refractivity contribution in [3.8, 4) is 11.3 Å². The summed E-state index contributed by atoms with van der Waals surface area (Å²) in [7, 11) is 0. The number of hydrogen-bond acceptors (Lipinski definition) is 5. The minimum atomic E-state index is -0.267. The van der Waals surface area contributed by atoms with Crippen LogP contribution in [0.25, 0.3) is 11.3 Å². The second-order valence-electron chi connectivity index (χ2n) is 7.20. The lowest BCUT2D eigenvalue weighted by atomic mass is 10.0. The van der Waals surface area contributed by atoms with E-state index >= 15 is 0 Å². The number of morpholine rings is 1. The van der Waals surface area contributed by atoms with E-state index in [4.69, 9.17) is 4.74 Å². The predicted octanol–water partition coefficient (Wildman–Crippen LogP) is 4.06. The van der Waals surface area contributed by atoms with Gasteiger partial charge in [0.25, 0.3) is 5.91 Å². The monoisotopic (exact) mass is 425 g/mol. The number of ether oxygens (including phenoxy) is 1. The summed E-state index contributed by atoms with van der Waals surface area (Å²) in [6, 6.07) is 16.2. The standard InChI is InChI=1S/C23H24FN3O2S/c1-16-26-21(18-5-3-2-4-6-18)22(30-16)23(28)25-15-20(27-11-13-29-14-12-27)17-7-9-19(24)10-8-17/h2-10,20H,11-15H2,1H3,(H,25,28). The van der Waals surface area contributed by atoms with Crippen molar-refractivity contribution < 1.29 is 13.9 Å². The Bertz CT molecular complexity index is 985. The molecular weight excluding hydrogens is 401 g/mol. The van der Waals surface area contributed by atoms with Crippen molar-refractivity contribution in [3.05, 3.63) is 75.9 Å². The van der Waals surface area contributed by atoms with Gasteiger partial charge in [0.05, 0.1) is 30.0 Å². The lowest BCUT2D eigenvalue weighted by Gasteiger charge is -2.34. The van der Waals surface area contributed by atoms with Crippen LogP contribution in [-0.2, 0) is 4.74 Å². The van der Waals surface area contributed by atoms with Crippen molar-refractivity contribution in [2.24, 2.45) is 0 Å². The molecule has 3 aromatic rings. The first-order chi connectivity index (χ1) is 14.6. The van der Waals surface area contributed by atoms with Gasteiger partial charge in [0.15, 0.2) is 0 Å². The van der Waals surface area contributed by atoms with Crippen LogP contribution in [0.1, 0.15) is 26.3 Å². The molecule has 0 aliphatic carbocycles. The van der Waals surface area contributed by atoms with Crippen LogP contribution in [0.3, 0.4) is 0 Å². The fraction of sp³-hybridized carbons (Fsp3) is 0.304. The molecule has 2 heterocycles. The van der Waals surface area contributed by atoms with E-state index in [1.54, 1.807) is 12.1 Å². The van der Waals surface area contributed by atoms with Gasteiger partial charge in [-0.15, -0.1) is 11.3 Å². The molecule has 1 unspecified atom stereocenters. The highest BCUT2D eigenvalue weighted by Gasteiger charge is 2.25. The Balaban J connectivity index is 1.54. The van der Waals surface area contributed by atoms with Gasteiger partial charge in [0, 0.05) is 25.2 Å². The normalized spacial score (nSPS) is 15.7. The van der Waals surface area contributed by atoms with E-state index in [1.165, 1.54) is 23.5 Å². The van der Waals surface area contributed by atoms with E-state index in [9.17, 15) is 9.18 Å². The lowest BCUT2D eigenvalue weighted by molar-refractivity contribution is 0.0162. The third-order valence-electron chi connectivity index (χ3n) is 5.18. The molecule has 1 N–H and O–H groups in total. The van der Waals surface area contributed by atoms with Crippen LogP contribution in [0.15, 0.2) is 54.6 Å². The maximum atomic E-state index is 13.4. The second kappa shape index (κ2) is 9.47. The van der Waals surface area contributed by atoms with Crippen molar-refractivity contribution in [3.63, 3.8) is 0 Å². The van der Waals surface area contributed by atoms with Gasteiger partial charge in [-0.05, 0) is 24.6 Å². The minimum Gasteiger partial charge on any atom is -0.379 e. The Labute approximate surface area is 179 Å². The number of nitrogens with zero attached hydrogens (tertiary/aromatic N) is 2. The fourth-order valence-corrected chi connectivity index (χ4v) is 4.53. The van der Waals surface area contributed by atoms with Crippen molar-refractivity contribution in [2.45, 2.75) is 13.0 Å². The number of carbonyl (C=O) groups is 1. The molecule has 2 aromatic carbocycles. The van der Waals surface area contributed by atoms with Gasteiger partial charge in [0.1, 0.15) is 10.7 Å². The molecule has 0 saturated carbocycles. The molecule has 4 rings (SSSR count). The molecule has 1 fully saturated rings. The van der Waals surface area contributed by atoms with Crippen LogP contribution in [0.4, 0.5) is 4.39 Å². The Morgan fingerprint density at radius 1 is 1.17 bits per heavy atom. The van der Waals surface area contributed by atoms with Crippen molar-refractivity contribution in [1.82, 2.24) is 15.2 Å². The average Bonchev–Trinajstić information content (AvgIpc) is 3.18. The molecule has 1 atom stereocenters. The van der Waals surface area contributed by atoms with Crippen molar-refractivity contribution >= 4 is 17.2 Å². The van der Waals surface area contributed by atoms with E-state index in [2.05, 4.69) is 15.2 Å². The van der Waals surface area contributed by atoms with Crippen LogP contribution < -0.4 is 5.32 Å². The van der Waals surface area contributed by atoms with Gasteiger partial charge in [0.2, 0.25) is 0 Å². The first kappa shape index (κ1) is 20.7. The van der Waals surface area contributed by atoms with Gasteiger partial charge in [-0.25, -0.2) is 9.37 Å². The fourth-order valence-electron chi connectivity index (χ4n) is 3.67. The van der Waals surface area contributed by atoms with E-state index in [-0.39, 0.29) is 17.8 Å². The third-order valence-corrected chi connectivity index (χ3v) is 6.15. The quantitative estimate of drug-likeness (QED) is 0.647. The van der Waals surface area contributed by atoms with Crippen LogP contribution in [0, 0.1) is 12.7 Å². The zero-order valence-corrected chi connectivity index (χ0v) is 17.6. The summed E-state index contributed by atoms with van der Waals surface area (Å²) in [5, 5.41) is 3.94. The zero-order valence-electron chi connectivity index (χ0n) is 16.8. The molecule has 0 bridgehead atoms. The SMILES string of the molecule is Cc1nc(-c2ccccc2)c(C(=O)NCC(c2ccc(F)cc2)N2CCOCC2)s1. The van der Waals surface area contributed by atoms with Crippen LogP contribution >= 0.6 is 11.3 Å². The number of aryl methyl sites for hydroxylation is 1. The van der Waals surface area contributed by atoms with Gasteiger partial charge in [-0.3, -0.25) is 9.69 Å². The van der Waals surface area contributed by atoms with E-state index in [0.29, 0.717) is 30.3 Å². The number of hydrogen-bond donors (Lipinski definition) is 1. The molecule has 1 aliphatic rings. The second-order valence-corrected chi connectivity index (χ2v) is 8.41. The Morgan fingerprint density at radius 2 is 1.87 bits per heavy atom. The summed E-state index contributed by atoms with van der Waals surface area (Å²) >= 11 is 1.40. The number of amides is 1. The third kappa shape index (κ3) is 4.75. The minimum absolute atomic E-state index is 0.0485. The molecule has 0 radical (unpaired) electrons. The molecule has 7 heteroatoms. The molecule has 1 aliphatic heterocycles. The Hall–Kier alpha value is -2.61. The van der Waals surface area contributed by atoms with E-state index in [0.717, 1.165) is 29.2 Å². The number of halogens is 1. The van der Waals surface area contributed by atoms with Crippen LogP contribution in [0.5, 0.6) is 0 Å². The number of benzene rings is 2. The largest absolute Gasteiger partial charge is 0.379 e. The molecule has 1 amide bonds. The van der Waals surface area contributed by atoms with Gasteiger partial charge < -0.3 is 10.1 Å². The van der Waals surface area contributed by atoms with Crippen LogP contribution in [-0.4, -0.2) is 48.6 Å². The first-order valence-electron chi connectivity index (χ1n) is 10.00. The molecular formula is C23H24FN3O2S. The summed E-state index contributed by atoms with van der Waals surface area (Å²) in [6.07, 6.45) is 0. The maximum absolute atomic E-state index is 13.4. The summed E-state index contributed by atoms with van der Waals surface area (Å²) in [6.45, 7) is 5.17. The number of carbonyl (C=O) groups excluding carboxylic acids is 1. The smallest absolute Gasteiger partial charge is 0.263 e. The zero-order chi connectivity index (χ0) is 20.9. The van der Waals surface area contributed by atoms with Crippen LogP contribution in [0.2, 0.25) is 0 Å². The van der Waals surface area contributed by atoms with Crippen molar-refractivity contribution in [2.75, 3.05) is 32.8 Å².